The van der Waals surface area contributed by atoms with Crippen LogP contribution in [-0.4, -0.2) is 37.2 Å². The van der Waals surface area contributed by atoms with E-state index >= 15 is 0 Å². The van der Waals surface area contributed by atoms with Gasteiger partial charge < -0.3 is 10.1 Å². The van der Waals surface area contributed by atoms with Crippen LogP contribution >= 0.6 is 0 Å². The molecule has 21 heavy (non-hydrogen) atoms. The van der Waals surface area contributed by atoms with Gasteiger partial charge in [-0.05, 0) is 20.8 Å². The number of alkyl carbamates (subject to hydrolysis) is 1. The van der Waals surface area contributed by atoms with Gasteiger partial charge in [-0.1, -0.05) is 0 Å². The van der Waals surface area contributed by atoms with Crippen molar-refractivity contribution < 1.29 is 22.1 Å². The minimum Gasteiger partial charge on any atom is -0.444 e. The maximum atomic E-state index is 11.4. The highest BCUT2D eigenvalue weighted by molar-refractivity contribution is 7.85. The van der Waals surface area contributed by atoms with Crippen molar-refractivity contribution in [3.63, 3.8) is 0 Å². The number of nitrogens with one attached hydrogen (secondary N) is 1. The second-order valence-corrected chi connectivity index (χ2v) is 6.97. The summed E-state index contributed by atoms with van der Waals surface area (Å²) in [7, 11) is -2.51. The predicted molar refractivity (Wildman–Crippen MR) is 74.7 cm³/mol. The summed E-state index contributed by atoms with van der Waals surface area (Å²) in [5.74, 6) is 0.0444. The number of hydrogen-bond acceptors (Lipinski definition) is 7. The molecule has 0 aliphatic rings. The summed E-state index contributed by atoms with van der Waals surface area (Å²) in [5, 5.41) is 2.51. The van der Waals surface area contributed by atoms with Gasteiger partial charge in [-0.2, -0.15) is 8.42 Å². The third kappa shape index (κ3) is 7.00. The van der Waals surface area contributed by atoms with E-state index in [0.717, 1.165) is 7.11 Å². The second-order valence-electron chi connectivity index (χ2n) is 5.23. The quantitative estimate of drug-likeness (QED) is 0.806. The van der Waals surface area contributed by atoms with Gasteiger partial charge in [-0.25, -0.2) is 14.8 Å². The Morgan fingerprint density at radius 3 is 2.33 bits per heavy atom. The Morgan fingerprint density at radius 1 is 1.29 bits per heavy atom. The van der Waals surface area contributed by atoms with Gasteiger partial charge in [-0.3, -0.25) is 4.18 Å². The zero-order valence-corrected chi connectivity index (χ0v) is 13.2. The molecule has 0 aliphatic heterocycles. The van der Waals surface area contributed by atoms with Crippen LogP contribution in [0.4, 0.5) is 4.79 Å². The van der Waals surface area contributed by atoms with E-state index in [4.69, 9.17) is 4.74 Å². The van der Waals surface area contributed by atoms with E-state index in [-0.39, 0.29) is 12.3 Å². The standard InChI is InChI=1S/C12H19N3O5S/c1-12(2,3)20-11(16)15-7-10-13-5-9(6-14-10)8-21(17,18)19-4/h5-6H,7-8H2,1-4H3,(H,15,16). The fraction of sp³-hybridized carbons (Fsp3) is 0.583. The lowest BCUT2D eigenvalue weighted by molar-refractivity contribution is 0.0522. The van der Waals surface area contributed by atoms with Crippen LogP contribution in [0.3, 0.4) is 0 Å². The first-order chi connectivity index (χ1) is 9.61. The average molecular weight is 317 g/mol. The molecule has 0 bridgehead atoms. The zero-order chi connectivity index (χ0) is 16.1. The molecule has 0 radical (unpaired) electrons. The predicted octanol–water partition coefficient (Wildman–Crippen LogP) is 0.977. The SMILES string of the molecule is COS(=O)(=O)Cc1cnc(CNC(=O)OC(C)(C)C)nc1. The van der Waals surface area contributed by atoms with Crippen LogP contribution in [0.15, 0.2) is 12.4 Å². The molecule has 0 saturated carbocycles. The number of ether oxygens (including phenoxy) is 1. The number of aromatic nitrogens is 2. The smallest absolute Gasteiger partial charge is 0.408 e. The molecule has 0 saturated heterocycles. The number of carbonyl (C=O) groups excluding carboxylic acids is 1. The Bertz CT molecular complexity index is 578. The number of hydrogen-bond donors (Lipinski definition) is 1. The molecular formula is C12H19N3O5S. The monoisotopic (exact) mass is 317 g/mol. The third-order valence-corrected chi connectivity index (χ3v) is 3.34. The lowest BCUT2D eigenvalue weighted by Crippen LogP contribution is -2.32. The fourth-order valence-corrected chi connectivity index (χ4v) is 1.95. The molecule has 118 valence electrons. The van der Waals surface area contributed by atoms with Crippen molar-refractivity contribution in [2.45, 2.75) is 38.7 Å². The number of carbonyl (C=O) groups is 1. The van der Waals surface area contributed by atoms with Gasteiger partial charge >= 0.3 is 6.09 Å². The second kappa shape index (κ2) is 6.81. The van der Waals surface area contributed by atoms with Crippen LogP contribution in [0.5, 0.6) is 0 Å². The van der Waals surface area contributed by atoms with E-state index in [9.17, 15) is 13.2 Å². The van der Waals surface area contributed by atoms with E-state index in [1.54, 1.807) is 20.8 Å². The van der Waals surface area contributed by atoms with Crippen molar-refractivity contribution in [3.05, 3.63) is 23.8 Å². The van der Waals surface area contributed by atoms with Gasteiger partial charge in [0.15, 0.2) is 0 Å². The summed E-state index contributed by atoms with van der Waals surface area (Å²) in [6, 6.07) is 0. The van der Waals surface area contributed by atoms with E-state index in [0.29, 0.717) is 11.4 Å². The molecule has 1 aromatic heterocycles. The Balaban J connectivity index is 2.54. The Kier molecular flexibility index (Phi) is 5.62. The number of nitrogens with zero attached hydrogens (tertiary/aromatic N) is 2. The van der Waals surface area contributed by atoms with Crippen LogP contribution in [0.2, 0.25) is 0 Å². The highest BCUT2D eigenvalue weighted by Crippen LogP contribution is 2.07. The fourth-order valence-electron chi connectivity index (χ4n) is 1.28. The van der Waals surface area contributed by atoms with Crippen LogP contribution in [0.1, 0.15) is 32.2 Å². The van der Waals surface area contributed by atoms with E-state index in [1.807, 2.05) is 0 Å². The average Bonchev–Trinajstić information content (AvgIpc) is 2.35. The summed E-state index contributed by atoms with van der Waals surface area (Å²) in [6.45, 7) is 5.36. The Labute approximate surface area is 124 Å². The highest BCUT2D eigenvalue weighted by Gasteiger charge is 2.16. The minimum atomic E-state index is -3.60. The van der Waals surface area contributed by atoms with Crippen LogP contribution < -0.4 is 5.32 Å². The molecule has 0 spiro atoms. The molecule has 1 N–H and O–H groups in total. The lowest BCUT2D eigenvalue weighted by Gasteiger charge is -2.19. The molecule has 1 amide bonds. The molecule has 9 heteroatoms. The number of rotatable bonds is 5. The van der Waals surface area contributed by atoms with Crippen molar-refractivity contribution in [2.75, 3.05) is 7.11 Å². The van der Waals surface area contributed by atoms with Crippen LogP contribution in [0.25, 0.3) is 0 Å². The molecule has 0 fully saturated rings. The highest BCUT2D eigenvalue weighted by atomic mass is 32.2. The van der Waals surface area contributed by atoms with E-state index in [1.165, 1.54) is 12.4 Å². The molecule has 0 aromatic carbocycles. The lowest BCUT2D eigenvalue weighted by atomic mass is 10.2. The van der Waals surface area contributed by atoms with Gasteiger partial charge in [0, 0.05) is 18.0 Å². The maximum Gasteiger partial charge on any atom is 0.408 e. The molecule has 8 nitrogen and oxygen atoms in total. The molecule has 1 rings (SSSR count). The number of amides is 1. The van der Waals surface area contributed by atoms with Gasteiger partial charge in [0.05, 0.1) is 13.7 Å². The van der Waals surface area contributed by atoms with Crippen molar-refractivity contribution >= 4 is 16.2 Å². The summed E-state index contributed by atoms with van der Waals surface area (Å²) in [5.41, 5.74) is -0.179. The maximum absolute atomic E-state index is 11.4. The molecule has 1 heterocycles. The molecular weight excluding hydrogens is 298 g/mol. The molecule has 0 unspecified atom stereocenters. The van der Waals surface area contributed by atoms with Gasteiger partial charge in [-0.15, -0.1) is 0 Å². The summed E-state index contributed by atoms with van der Waals surface area (Å²) >= 11 is 0. The summed E-state index contributed by atoms with van der Waals surface area (Å²) in [6.07, 6.45) is 2.17. The van der Waals surface area contributed by atoms with Gasteiger partial charge in [0.1, 0.15) is 17.2 Å². The van der Waals surface area contributed by atoms with Crippen molar-refractivity contribution in [3.8, 4) is 0 Å². The zero-order valence-electron chi connectivity index (χ0n) is 12.4. The molecule has 0 atom stereocenters. The molecule has 1 aromatic rings. The Morgan fingerprint density at radius 2 is 1.86 bits per heavy atom. The minimum absolute atomic E-state index is 0.0895. The summed E-state index contributed by atoms with van der Waals surface area (Å²) in [4.78, 5) is 19.4. The van der Waals surface area contributed by atoms with E-state index < -0.39 is 21.8 Å². The van der Waals surface area contributed by atoms with Crippen molar-refractivity contribution in [1.29, 1.82) is 0 Å². The first-order valence-electron chi connectivity index (χ1n) is 6.16. The van der Waals surface area contributed by atoms with Crippen molar-refractivity contribution in [2.24, 2.45) is 0 Å². The first kappa shape index (κ1) is 17.3. The first-order valence-corrected chi connectivity index (χ1v) is 7.74. The van der Waals surface area contributed by atoms with Crippen LogP contribution in [0, 0.1) is 0 Å². The topological polar surface area (TPSA) is 107 Å². The van der Waals surface area contributed by atoms with E-state index in [2.05, 4.69) is 19.5 Å². The van der Waals surface area contributed by atoms with Crippen LogP contribution in [-0.2, 0) is 31.3 Å². The normalized spacial score (nSPS) is 12.0. The van der Waals surface area contributed by atoms with Crippen molar-refractivity contribution in [1.82, 2.24) is 15.3 Å². The van der Waals surface area contributed by atoms with Gasteiger partial charge in [0.25, 0.3) is 10.1 Å². The Hall–Kier alpha value is -1.74. The van der Waals surface area contributed by atoms with Gasteiger partial charge in [0.2, 0.25) is 0 Å². The third-order valence-electron chi connectivity index (χ3n) is 2.15. The molecule has 0 aliphatic carbocycles. The summed E-state index contributed by atoms with van der Waals surface area (Å²) < 4.78 is 31.9. The largest absolute Gasteiger partial charge is 0.444 e.